The van der Waals surface area contributed by atoms with Gasteiger partial charge >= 0.3 is 0 Å². The Bertz CT molecular complexity index is 656. The quantitative estimate of drug-likeness (QED) is 0.817. The van der Waals surface area contributed by atoms with E-state index in [0.29, 0.717) is 29.3 Å². The normalized spacial score (nSPS) is 12.0. The van der Waals surface area contributed by atoms with Crippen molar-refractivity contribution >= 4 is 17.5 Å². The van der Waals surface area contributed by atoms with Gasteiger partial charge in [-0.1, -0.05) is 18.5 Å². The molecule has 0 aliphatic heterocycles. The number of nitrogens with one attached hydrogen (secondary N) is 1. The highest BCUT2D eigenvalue weighted by Gasteiger charge is 2.17. The molecule has 5 nitrogen and oxygen atoms in total. The highest BCUT2D eigenvalue weighted by atomic mass is 35.5. The predicted octanol–water partition coefficient (Wildman–Crippen LogP) is 2.89. The monoisotopic (exact) mass is 336 g/mol. The van der Waals surface area contributed by atoms with Gasteiger partial charge in [0.1, 0.15) is 5.75 Å². The maximum atomic E-state index is 12.4. The number of hydrogen-bond acceptors (Lipinski definition) is 3. The number of amides is 1. The van der Waals surface area contributed by atoms with Gasteiger partial charge in [-0.3, -0.25) is 4.79 Å². The first-order valence-corrected chi connectivity index (χ1v) is 7.84. The van der Waals surface area contributed by atoms with E-state index in [1.807, 2.05) is 36.0 Å². The largest absolute Gasteiger partial charge is 0.496 e. The summed E-state index contributed by atoms with van der Waals surface area (Å²) in [5.74, 6) is 0.419. The Morgan fingerprint density at radius 2 is 2.09 bits per heavy atom. The molecule has 2 aromatic rings. The summed E-state index contributed by atoms with van der Waals surface area (Å²) in [5.41, 5.74) is 1.14. The van der Waals surface area contributed by atoms with Gasteiger partial charge in [0.05, 0.1) is 23.4 Å². The highest BCUT2D eigenvalue weighted by Crippen LogP contribution is 2.30. The standard InChI is InChI=1S/C17H21ClN2O3/c1-12(5-8-21)11-19-17(22)13-9-14(18)15(10-16(13)23-2)20-6-3-4-7-20/h3-4,6-7,9-10,12,21H,5,8,11H2,1-2H3,(H,19,22). The number of aliphatic hydroxyl groups is 1. The topological polar surface area (TPSA) is 63.5 Å². The second kappa shape index (κ2) is 8.04. The van der Waals surface area contributed by atoms with Crippen LogP contribution in [0.1, 0.15) is 23.7 Å². The third kappa shape index (κ3) is 4.27. The van der Waals surface area contributed by atoms with E-state index in [4.69, 9.17) is 21.4 Å². The minimum Gasteiger partial charge on any atom is -0.496 e. The summed E-state index contributed by atoms with van der Waals surface area (Å²) in [5, 5.41) is 12.2. The lowest BCUT2D eigenvalue weighted by Crippen LogP contribution is -2.29. The first kappa shape index (κ1) is 17.4. The van der Waals surface area contributed by atoms with Crippen LogP contribution in [0.4, 0.5) is 0 Å². The Balaban J connectivity index is 2.22. The van der Waals surface area contributed by atoms with Crippen molar-refractivity contribution < 1.29 is 14.6 Å². The van der Waals surface area contributed by atoms with Crippen LogP contribution in [0.5, 0.6) is 5.75 Å². The Morgan fingerprint density at radius 3 is 2.70 bits per heavy atom. The number of carbonyl (C=O) groups is 1. The molecule has 6 heteroatoms. The molecule has 1 aromatic heterocycles. The molecule has 0 bridgehead atoms. The van der Waals surface area contributed by atoms with E-state index < -0.39 is 0 Å². The summed E-state index contributed by atoms with van der Waals surface area (Å²) in [7, 11) is 1.52. The second-order valence-corrected chi connectivity index (χ2v) is 5.83. The molecule has 0 aliphatic carbocycles. The number of rotatable bonds is 7. The Labute approximate surface area is 140 Å². The van der Waals surface area contributed by atoms with Crippen LogP contribution in [0.25, 0.3) is 5.69 Å². The average Bonchev–Trinajstić information content (AvgIpc) is 3.06. The molecule has 1 atom stereocenters. The molecule has 1 aromatic carbocycles. The number of aromatic nitrogens is 1. The van der Waals surface area contributed by atoms with Gasteiger partial charge in [0.15, 0.2) is 0 Å². The van der Waals surface area contributed by atoms with Crippen LogP contribution in [0, 0.1) is 5.92 Å². The fourth-order valence-corrected chi connectivity index (χ4v) is 2.53. The number of methoxy groups -OCH3 is 1. The summed E-state index contributed by atoms with van der Waals surface area (Å²) >= 11 is 6.32. The zero-order valence-corrected chi connectivity index (χ0v) is 14.0. The van der Waals surface area contributed by atoms with Crippen LogP contribution in [0.15, 0.2) is 36.7 Å². The molecule has 2 N–H and O–H groups in total. The molecule has 0 saturated heterocycles. The molecule has 2 rings (SSSR count). The lowest BCUT2D eigenvalue weighted by molar-refractivity contribution is 0.0942. The van der Waals surface area contributed by atoms with Crippen LogP contribution in [-0.4, -0.2) is 35.8 Å². The van der Waals surface area contributed by atoms with E-state index in [1.54, 1.807) is 12.1 Å². The van der Waals surface area contributed by atoms with Gasteiger partial charge in [-0.15, -0.1) is 0 Å². The van der Waals surface area contributed by atoms with Gasteiger partial charge in [-0.2, -0.15) is 0 Å². The molecule has 1 amide bonds. The molecule has 0 radical (unpaired) electrons. The third-order valence-corrected chi connectivity index (χ3v) is 3.93. The number of carbonyl (C=O) groups excluding carboxylic acids is 1. The average molecular weight is 337 g/mol. The van der Waals surface area contributed by atoms with Crippen molar-refractivity contribution in [1.29, 1.82) is 0 Å². The number of ether oxygens (including phenoxy) is 1. The van der Waals surface area contributed by atoms with Crippen molar-refractivity contribution in [2.45, 2.75) is 13.3 Å². The van der Waals surface area contributed by atoms with Crippen molar-refractivity contribution in [2.24, 2.45) is 5.92 Å². The van der Waals surface area contributed by atoms with E-state index in [1.165, 1.54) is 7.11 Å². The van der Waals surface area contributed by atoms with Gasteiger partial charge in [0, 0.05) is 31.6 Å². The second-order valence-electron chi connectivity index (χ2n) is 5.42. The summed E-state index contributed by atoms with van der Waals surface area (Å²) in [6.45, 7) is 2.56. The molecule has 0 aliphatic rings. The van der Waals surface area contributed by atoms with E-state index in [-0.39, 0.29) is 18.4 Å². The van der Waals surface area contributed by atoms with Crippen molar-refractivity contribution in [3.63, 3.8) is 0 Å². The van der Waals surface area contributed by atoms with Crippen molar-refractivity contribution in [3.05, 3.63) is 47.2 Å². The van der Waals surface area contributed by atoms with E-state index >= 15 is 0 Å². The van der Waals surface area contributed by atoms with Gasteiger partial charge in [0.25, 0.3) is 5.91 Å². The van der Waals surface area contributed by atoms with Crippen molar-refractivity contribution in [3.8, 4) is 11.4 Å². The summed E-state index contributed by atoms with van der Waals surface area (Å²) < 4.78 is 7.20. The Hall–Kier alpha value is -1.98. The van der Waals surface area contributed by atoms with Crippen molar-refractivity contribution in [1.82, 2.24) is 9.88 Å². The zero-order valence-electron chi connectivity index (χ0n) is 13.3. The molecule has 0 spiro atoms. The van der Waals surface area contributed by atoms with E-state index in [9.17, 15) is 4.79 Å². The van der Waals surface area contributed by atoms with E-state index in [2.05, 4.69) is 5.32 Å². The maximum absolute atomic E-state index is 12.4. The molecule has 1 unspecified atom stereocenters. The number of halogens is 1. The predicted molar refractivity (Wildman–Crippen MR) is 90.5 cm³/mol. The molecule has 124 valence electrons. The Kier molecular flexibility index (Phi) is 6.07. The first-order chi connectivity index (χ1) is 11.1. The minimum atomic E-state index is -0.243. The number of hydrogen-bond donors (Lipinski definition) is 2. The molecule has 1 heterocycles. The first-order valence-electron chi connectivity index (χ1n) is 7.46. The van der Waals surface area contributed by atoms with Gasteiger partial charge in [-0.25, -0.2) is 0 Å². The molecule has 0 fully saturated rings. The van der Waals surface area contributed by atoms with Crippen LogP contribution < -0.4 is 10.1 Å². The lowest BCUT2D eigenvalue weighted by atomic mass is 10.1. The zero-order chi connectivity index (χ0) is 16.8. The Morgan fingerprint density at radius 1 is 1.39 bits per heavy atom. The van der Waals surface area contributed by atoms with E-state index in [0.717, 1.165) is 5.69 Å². The third-order valence-electron chi connectivity index (χ3n) is 3.63. The number of benzene rings is 1. The van der Waals surface area contributed by atoms with Crippen molar-refractivity contribution in [2.75, 3.05) is 20.3 Å². The molecular weight excluding hydrogens is 316 g/mol. The summed E-state index contributed by atoms with van der Waals surface area (Å²) in [4.78, 5) is 12.4. The van der Waals surface area contributed by atoms with Crippen LogP contribution in [0.3, 0.4) is 0 Å². The highest BCUT2D eigenvalue weighted by molar-refractivity contribution is 6.33. The van der Waals surface area contributed by atoms with Crippen LogP contribution in [0.2, 0.25) is 5.02 Å². The summed E-state index contributed by atoms with van der Waals surface area (Å²) in [6, 6.07) is 7.15. The maximum Gasteiger partial charge on any atom is 0.255 e. The van der Waals surface area contributed by atoms with Gasteiger partial charge in [-0.05, 0) is 30.5 Å². The molecular formula is C17H21ClN2O3. The fraction of sp³-hybridized carbons (Fsp3) is 0.353. The van der Waals surface area contributed by atoms with Gasteiger partial charge < -0.3 is 19.7 Å². The molecule has 23 heavy (non-hydrogen) atoms. The summed E-state index contributed by atoms with van der Waals surface area (Å²) in [6.07, 6.45) is 4.39. The van der Waals surface area contributed by atoms with Crippen LogP contribution >= 0.6 is 11.6 Å². The number of aliphatic hydroxyl groups excluding tert-OH is 1. The van der Waals surface area contributed by atoms with Crippen LogP contribution in [-0.2, 0) is 0 Å². The fourth-order valence-electron chi connectivity index (χ4n) is 2.27. The van der Waals surface area contributed by atoms with Gasteiger partial charge in [0.2, 0.25) is 0 Å². The SMILES string of the molecule is COc1cc(-n2cccc2)c(Cl)cc1C(=O)NCC(C)CCO. The number of nitrogens with zero attached hydrogens (tertiary/aromatic N) is 1. The smallest absolute Gasteiger partial charge is 0.255 e. The molecule has 0 saturated carbocycles. The minimum absolute atomic E-state index is 0.109. The lowest BCUT2D eigenvalue weighted by Gasteiger charge is -2.15.